The molecule has 0 unspecified atom stereocenters. The molecule has 0 bridgehead atoms. The molecule has 0 amide bonds. The van der Waals surface area contributed by atoms with Crippen molar-refractivity contribution < 1.29 is 0 Å². The van der Waals surface area contributed by atoms with Crippen molar-refractivity contribution in [2.24, 2.45) is 0 Å². The molecule has 15 aromatic carbocycles. The number of aromatic nitrogens is 8. The lowest BCUT2D eigenvalue weighted by Gasteiger charge is -2.16. The second-order valence-corrected chi connectivity index (χ2v) is 32.5. The zero-order valence-corrected chi connectivity index (χ0v) is 70.8. The molecular weight excluding hydrogens is 1580 g/mol. The van der Waals surface area contributed by atoms with Gasteiger partial charge in [-0.05, 0) is 198 Å². The Morgan fingerprint density at radius 1 is 0.115 bits per heavy atom. The molecule has 0 saturated carbocycles. The standard InChI is InChI=1S/C64H42N4.C58H38N4/c1-6-17-45(18-7-1)58-38-54(39-59(66-58)46-19-8-2-9-20-46)52-35-51(36-53(37-52)55-40-60(47-21-10-3-11-22-47)67-61(41-55)48-23-12-4-13-24-48)43-28-30-44(31-29-43)57-42-62(49-25-14-5-15-26-49)68-64-56(57)33-32-50-27-16-34-65-63(50)64;1-5-14-41(15-6-1)53-35-49(36-54(61-53)42-16-7-2-8-17-42)47-32-46(39-23-25-40(26-24-39)51-29-31-60-58-52(51)28-27-45-22-13-30-59-57(45)58)33-48(34-47)50-37-55(43-18-9-3-10-19-43)62-56(38-50)44-20-11-4-12-21-44/h1-42H;1-38H. The number of hydrogen-bond donors (Lipinski definition) is 0. The maximum Gasteiger partial charge on any atom is 0.0978 e. The van der Waals surface area contributed by atoms with E-state index in [0.29, 0.717) is 0 Å². The largest absolute Gasteiger partial charge is 0.254 e. The Bertz CT molecular complexity index is 7550. The van der Waals surface area contributed by atoms with Gasteiger partial charge in [-0.3, -0.25) is 15.0 Å². The highest BCUT2D eigenvalue weighted by atomic mass is 14.8. The van der Waals surface area contributed by atoms with Gasteiger partial charge in [-0.2, -0.15) is 0 Å². The lowest BCUT2D eigenvalue weighted by molar-refractivity contribution is 1.32. The van der Waals surface area contributed by atoms with Crippen LogP contribution in [0, 0.1) is 0 Å². The first-order valence-corrected chi connectivity index (χ1v) is 43.8. The average Bonchev–Trinajstić information content (AvgIpc) is 0.912. The number of fused-ring (bicyclic) bond motifs is 6. The second-order valence-electron chi connectivity index (χ2n) is 32.5. The van der Waals surface area contributed by atoms with Gasteiger partial charge in [0, 0.05) is 90.2 Å². The molecular formula is C122H80N8. The highest BCUT2D eigenvalue weighted by Crippen LogP contribution is 2.44. The third-order valence-corrected chi connectivity index (χ3v) is 24.2. The number of nitrogens with zero attached hydrogens (tertiary/aromatic N) is 8. The minimum absolute atomic E-state index is 0.894. The van der Waals surface area contributed by atoms with Crippen LogP contribution in [0.15, 0.2) is 486 Å². The van der Waals surface area contributed by atoms with Gasteiger partial charge in [0.25, 0.3) is 0 Å². The Morgan fingerprint density at radius 2 is 0.338 bits per heavy atom. The summed E-state index contributed by atoms with van der Waals surface area (Å²) < 4.78 is 0. The van der Waals surface area contributed by atoms with E-state index in [1.807, 2.05) is 85.3 Å². The van der Waals surface area contributed by atoms with Crippen LogP contribution in [0.2, 0.25) is 0 Å². The fraction of sp³-hybridized carbons (Fsp3) is 0. The lowest BCUT2D eigenvalue weighted by Crippen LogP contribution is -1.94. The summed E-state index contributed by atoms with van der Waals surface area (Å²) in [6, 6.07) is 165. The van der Waals surface area contributed by atoms with Crippen LogP contribution < -0.4 is 0 Å². The van der Waals surface area contributed by atoms with Crippen LogP contribution in [0.5, 0.6) is 0 Å². The van der Waals surface area contributed by atoms with E-state index in [2.05, 4.69) is 405 Å². The van der Waals surface area contributed by atoms with Gasteiger partial charge in [-0.1, -0.05) is 358 Å². The van der Waals surface area contributed by atoms with Gasteiger partial charge in [0.15, 0.2) is 0 Å². The molecule has 23 aromatic rings. The van der Waals surface area contributed by atoms with E-state index in [1.54, 1.807) is 0 Å². The van der Waals surface area contributed by atoms with Crippen molar-refractivity contribution in [2.45, 2.75) is 0 Å². The van der Waals surface area contributed by atoms with Crippen LogP contribution in [0.25, 0.3) is 234 Å². The fourth-order valence-corrected chi connectivity index (χ4v) is 17.6. The van der Waals surface area contributed by atoms with Crippen LogP contribution >= 0.6 is 0 Å². The van der Waals surface area contributed by atoms with Crippen LogP contribution in [0.1, 0.15) is 0 Å². The Kier molecular flexibility index (Phi) is 21.3. The van der Waals surface area contributed by atoms with Crippen LogP contribution in [-0.4, -0.2) is 39.9 Å². The predicted molar refractivity (Wildman–Crippen MR) is 538 cm³/mol. The Balaban J connectivity index is 0.000000153. The van der Waals surface area contributed by atoms with Gasteiger partial charge in [0.1, 0.15) is 0 Å². The van der Waals surface area contributed by atoms with E-state index in [9.17, 15) is 0 Å². The molecule has 0 saturated heterocycles. The molecule has 0 aliphatic rings. The molecule has 608 valence electrons. The molecule has 0 fully saturated rings. The number of rotatable bonds is 17. The number of hydrogen-bond acceptors (Lipinski definition) is 8. The third-order valence-electron chi connectivity index (χ3n) is 24.2. The summed E-state index contributed by atoms with van der Waals surface area (Å²) in [6.45, 7) is 0. The van der Waals surface area contributed by atoms with E-state index in [0.717, 1.165) is 234 Å². The summed E-state index contributed by atoms with van der Waals surface area (Å²) in [5.41, 5.74) is 39.1. The molecule has 8 aromatic heterocycles. The van der Waals surface area contributed by atoms with E-state index >= 15 is 0 Å². The number of pyridine rings is 8. The topological polar surface area (TPSA) is 103 Å². The fourth-order valence-electron chi connectivity index (χ4n) is 17.6. The zero-order chi connectivity index (χ0) is 86.5. The molecule has 130 heavy (non-hydrogen) atoms. The van der Waals surface area contributed by atoms with E-state index < -0.39 is 0 Å². The summed E-state index contributed by atoms with van der Waals surface area (Å²) in [5.74, 6) is 0. The molecule has 0 spiro atoms. The molecule has 0 radical (unpaired) electrons. The molecule has 0 atom stereocenters. The van der Waals surface area contributed by atoms with E-state index in [1.165, 1.54) is 0 Å². The summed E-state index contributed by atoms with van der Waals surface area (Å²) in [5, 5.41) is 4.29. The molecule has 8 nitrogen and oxygen atoms in total. The summed E-state index contributed by atoms with van der Waals surface area (Å²) in [7, 11) is 0. The normalized spacial score (nSPS) is 11.2. The highest BCUT2D eigenvalue weighted by molar-refractivity contribution is 6.10. The van der Waals surface area contributed by atoms with Gasteiger partial charge < -0.3 is 0 Å². The second kappa shape index (κ2) is 35.3. The monoisotopic (exact) mass is 1660 g/mol. The SMILES string of the molecule is c1ccc(-c2cc(-c3cc(-c4ccc(-c5cc(-c6ccccc6)nc6c5ccc5cccnc56)cc4)cc(-c4cc(-c5ccccc5)nc(-c5ccccc5)c4)c3)cc(-c3ccccc3)n2)cc1.c1ccc(-c2cc(-c3cc(-c4ccc(-c5ccnc6c5ccc5cccnc56)cc4)cc(-c4cc(-c5ccccc5)nc(-c5ccccc5)c4)c3)cc(-c3ccccc3)n2)cc1. The van der Waals surface area contributed by atoms with Crippen molar-refractivity contribution in [1.82, 2.24) is 39.9 Å². The Hall–Kier alpha value is -17.5. The minimum Gasteiger partial charge on any atom is -0.254 e. The summed E-state index contributed by atoms with van der Waals surface area (Å²) >= 11 is 0. The molecule has 0 aliphatic carbocycles. The zero-order valence-electron chi connectivity index (χ0n) is 70.8. The van der Waals surface area contributed by atoms with Gasteiger partial charge in [-0.25, -0.2) is 24.9 Å². The summed E-state index contributed by atoms with van der Waals surface area (Å²) in [4.78, 5) is 40.4. The van der Waals surface area contributed by atoms with Gasteiger partial charge in [0.2, 0.25) is 0 Å². The first kappa shape index (κ1) is 78.5. The van der Waals surface area contributed by atoms with Crippen molar-refractivity contribution in [2.75, 3.05) is 0 Å². The molecule has 8 heterocycles. The Labute approximate surface area is 754 Å². The van der Waals surface area contributed by atoms with Gasteiger partial charge in [-0.15, -0.1) is 0 Å². The molecule has 23 rings (SSSR count). The predicted octanol–water partition coefficient (Wildman–Crippen LogP) is 31.5. The lowest BCUT2D eigenvalue weighted by atomic mass is 9.90. The van der Waals surface area contributed by atoms with Crippen LogP contribution in [0.4, 0.5) is 0 Å². The maximum absolute atomic E-state index is 5.24. The van der Waals surface area contributed by atoms with Crippen molar-refractivity contribution >= 4 is 43.6 Å². The minimum atomic E-state index is 0.894. The molecule has 0 aliphatic heterocycles. The first-order valence-electron chi connectivity index (χ1n) is 43.8. The van der Waals surface area contributed by atoms with Crippen molar-refractivity contribution in [3.05, 3.63) is 486 Å². The van der Waals surface area contributed by atoms with E-state index in [-0.39, 0.29) is 0 Å². The highest BCUT2D eigenvalue weighted by Gasteiger charge is 2.21. The van der Waals surface area contributed by atoms with Gasteiger partial charge >= 0.3 is 0 Å². The number of benzene rings is 15. The van der Waals surface area contributed by atoms with Crippen LogP contribution in [0.3, 0.4) is 0 Å². The van der Waals surface area contributed by atoms with Crippen molar-refractivity contribution in [1.29, 1.82) is 0 Å². The first-order chi connectivity index (χ1) is 64.4. The average molecular weight is 1660 g/mol. The van der Waals surface area contributed by atoms with Gasteiger partial charge in [0.05, 0.1) is 73.3 Å². The molecule has 8 heteroatoms. The maximum atomic E-state index is 5.24. The quantitative estimate of drug-likeness (QED) is 0.0831. The van der Waals surface area contributed by atoms with Crippen molar-refractivity contribution in [3.8, 4) is 190 Å². The van der Waals surface area contributed by atoms with Crippen LogP contribution in [-0.2, 0) is 0 Å². The molecule has 0 N–H and O–H groups in total. The van der Waals surface area contributed by atoms with Crippen molar-refractivity contribution in [3.63, 3.8) is 0 Å². The third kappa shape index (κ3) is 16.4. The van der Waals surface area contributed by atoms with E-state index in [4.69, 9.17) is 34.9 Å². The Morgan fingerprint density at radius 3 is 0.623 bits per heavy atom. The smallest absolute Gasteiger partial charge is 0.0978 e. The summed E-state index contributed by atoms with van der Waals surface area (Å²) in [6.07, 6.45) is 5.57.